The quantitative estimate of drug-likeness (QED) is 0.869. The summed E-state index contributed by atoms with van der Waals surface area (Å²) >= 11 is 0. The fraction of sp³-hybridized carbons (Fsp3) is 0.316. The molecule has 0 aliphatic carbocycles. The number of rotatable bonds is 5. The van der Waals surface area contributed by atoms with Gasteiger partial charge in [0, 0.05) is 17.7 Å². The zero-order valence-electron chi connectivity index (χ0n) is 13.3. The molecule has 22 heavy (non-hydrogen) atoms. The lowest BCUT2D eigenvalue weighted by atomic mass is 9.93. The third-order valence-corrected chi connectivity index (χ3v) is 3.90. The Kier molecular flexibility index (Phi) is 5.34. The molecule has 0 unspecified atom stereocenters. The molecule has 0 bridgehead atoms. The lowest BCUT2D eigenvalue weighted by Crippen LogP contribution is -2.16. The van der Waals surface area contributed by atoms with Crippen LogP contribution >= 0.6 is 0 Å². The second-order valence-corrected chi connectivity index (χ2v) is 5.77. The van der Waals surface area contributed by atoms with Crippen LogP contribution in [-0.4, -0.2) is 11.0 Å². The van der Waals surface area contributed by atoms with Gasteiger partial charge in [-0.15, -0.1) is 0 Å². The van der Waals surface area contributed by atoms with Gasteiger partial charge in [-0.25, -0.2) is 0 Å². The average Bonchev–Trinajstić information content (AvgIpc) is 2.47. The molecule has 0 saturated carbocycles. The first-order valence-corrected chi connectivity index (χ1v) is 7.61. The molecule has 0 radical (unpaired) electrons. The summed E-state index contributed by atoms with van der Waals surface area (Å²) < 4.78 is 0. The number of amides is 1. The monoisotopic (exact) mass is 297 g/mol. The van der Waals surface area contributed by atoms with Crippen molar-refractivity contribution in [2.75, 3.05) is 5.32 Å². The van der Waals surface area contributed by atoms with E-state index in [1.54, 1.807) is 6.92 Å². The molecule has 0 aliphatic heterocycles. The summed E-state index contributed by atoms with van der Waals surface area (Å²) in [5.41, 5.74) is 3.81. The van der Waals surface area contributed by atoms with Crippen molar-refractivity contribution in [3.8, 4) is 0 Å². The number of hydrogen-bond acceptors (Lipinski definition) is 2. The third kappa shape index (κ3) is 3.95. The number of hydrogen-bond donors (Lipinski definition) is 2. The topological polar surface area (TPSA) is 49.3 Å². The largest absolute Gasteiger partial charge is 0.389 e. The number of carbonyl (C=O) groups is 1. The Labute approximate surface area is 132 Å². The van der Waals surface area contributed by atoms with Crippen LogP contribution in [0, 0.1) is 6.92 Å². The Hall–Kier alpha value is -2.13. The minimum Gasteiger partial charge on any atom is -0.389 e. The van der Waals surface area contributed by atoms with Gasteiger partial charge < -0.3 is 10.4 Å². The number of benzene rings is 2. The Morgan fingerprint density at radius 2 is 1.64 bits per heavy atom. The predicted molar refractivity (Wildman–Crippen MR) is 89.9 cm³/mol. The predicted octanol–water partition coefficient (Wildman–Crippen LogP) is 4.18. The number of nitrogens with one attached hydrogen (secondary N) is 1. The minimum absolute atomic E-state index is 0.0381. The molecule has 0 aromatic heterocycles. The van der Waals surface area contributed by atoms with E-state index in [1.807, 2.05) is 36.4 Å². The Morgan fingerprint density at radius 1 is 1.05 bits per heavy atom. The van der Waals surface area contributed by atoms with Crippen LogP contribution in [0.15, 0.2) is 48.5 Å². The Morgan fingerprint density at radius 3 is 2.27 bits per heavy atom. The van der Waals surface area contributed by atoms with E-state index < -0.39 is 6.10 Å². The van der Waals surface area contributed by atoms with Crippen LogP contribution in [0.25, 0.3) is 0 Å². The van der Waals surface area contributed by atoms with Crippen LogP contribution in [-0.2, 0) is 4.79 Å². The molecule has 2 N–H and O–H groups in total. The lowest BCUT2D eigenvalue weighted by molar-refractivity contribution is -0.116. The van der Waals surface area contributed by atoms with Crippen molar-refractivity contribution >= 4 is 11.6 Å². The second-order valence-electron chi connectivity index (χ2n) is 5.77. The van der Waals surface area contributed by atoms with Gasteiger partial charge in [0.1, 0.15) is 0 Å². The Balaban J connectivity index is 2.06. The van der Waals surface area contributed by atoms with Gasteiger partial charge in [-0.2, -0.15) is 0 Å². The number of aliphatic hydroxyl groups excluding tert-OH is 1. The highest BCUT2D eigenvalue weighted by Crippen LogP contribution is 2.25. The molecule has 0 heterocycles. The highest BCUT2D eigenvalue weighted by atomic mass is 16.3. The van der Waals surface area contributed by atoms with Gasteiger partial charge in [-0.05, 0) is 37.0 Å². The first-order chi connectivity index (χ1) is 10.5. The Bertz CT molecular complexity index is 649. The van der Waals surface area contributed by atoms with E-state index in [0.717, 1.165) is 5.56 Å². The minimum atomic E-state index is -0.606. The van der Waals surface area contributed by atoms with Gasteiger partial charge in [0.15, 0.2) is 0 Å². The zero-order chi connectivity index (χ0) is 16.1. The highest BCUT2D eigenvalue weighted by Gasteiger charge is 2.15. The second kappa shape index (κ2) is 7.23. The maximum absolute atomic E-state index is 12.3. The lowest BCUT2D eigenvalue weighted by Gasteiger charge is -2.16. The summed E-state index contributed by atoms with van der Waals surface area (Å²) in [6.07, 6.45) is -0.191. The van der Waals surface area contributed by atoms with Gasteiger partial charge in [-0.1, -0.05) is 49.4 Å². The first-order valence-electron chi connectivity index (χ1n) is 7.61. The highest BCUT2D eigenvalue weighted by molar-refractivity contribution is 5.92. The average molecular weight is 297 g/mol. The van der Waals surface area contributed by atoms with Gasteiger partial charge in [0.2, 0.25) is 5.91 Å². The normalized spacial score (nSPS) is 13.5. The molecule has 2 aromatic rings. The summed E-state index contributed by atoms with van der Waals surface area (Å²) in [4.78, 5) is 12.3. The fourth-order valence-electron chi connectivity index (χ4n) is 2.70. The maximum Gasteiger partial charge on any atom is 0.224 e. The summed E-state index contributed by atoms with van der Waals surface area (Å²) in [5.74, 6) is 0.115. The van der Waals surface area contributed by atoms with Gasteiger partial charge in [0.25, 0.3) is 0 Å². The van der Waals surface area contributed by atoms with E-state index in [-0.39, 0.29) is 11.8 Å². The molecule has 0 spiro atoms. The van der Waals surface area contributed by atoms with Crippen LogP contribution in [0.5, 0.6) is 0 Å². The van der Waals surface area contributed by atoms with Gasteiger partial charge in [0.05, 0.1) is 6.10 Å². The van der Waals surface area contributed by atoms with Crippen LogP contribution in [0.2, 0.25) is 0 Å². The standard InChI is InChI=1S/C19H23NO2/c1-13-8-4-5-9-16(13)14(2)12-19(22)20-18-11-7-6-10-17(18)15(3)21/h4-11,14-15,21H,12H2,1-3H3,(H,20,22)/t14-,15-/m0/s1. The van der Waals surface area contributed by atoms with Crippen molar-refractivity contribution < 1.29 is 9.90 Å². The number of carbonyl (C=O) groups excluding carboxylic acids is 1. The molecule has 3 nitrogen and oxygen atoms in total. The zero-order valence-corrected chi connectivity index (χ0v) is 13.3. The van der Waals surface area contributed by atoms with E-state index in [0.29, 0.717) is 12.1 Å². The van der Waals surface area contributed by atoms with Crippen molar-refractivity contribution in [1.82, 2.24) is 0 Å². The van der Waals surface area contributed by atoms with E-state index in [1.165, 1.54) is 11.1 Å². The summed E-state index contributed by atoms with van der Waals surface area (Å²) in [7, 11) is 0. The molecule has 0 aliphatic rings. The number of anilines is 1. The SMILES string of the molecule is Cc1ccccc1[C@@H](C)CC(=O)Nc1ccccc1[C@H](C)O. The first kappa shape index (κ1) is 16.2. The van der Waals surface area contributed by atoms with Crippen LogP contribution in [0.3, 0.4) is 0 Å². The van der Waals surface area contributed by atoms with E-state index in [9.17, 15) is 9.90 Å². The smallest absolute Gasteiger partial charge is 0.224 e. The number of aryl methyl sites for hydroxylation is 1. The van der Waals surface area contributed by atoms with E-state index in [4.69, 9.17) is 0 Å². The molecule has 1 amide bonds. The maximum atomic E-state index is 12.3. The van der Waals surface area contributed by atoms with E-state index >= 15 is 0 Å². The number of para-hydroxylation sites is 1. The molecule has 2 atom stereocenters. The van der Waals surface area contributed by atoms with Crippen molar-refractivity contribution in [3.05, 3.63) is 65.2 Å². The third-order valence-electron chi connectivity index (χ3n) is 3.90. The van der Waals surface area contributed by atoms with E-state index in [2.05, 4.69) is 31.3 Å². The molecule has 0 fully saturated rings. The van der Waals surface area contributed by atoms with Crippen molar-refractivity contribution in [1.29, 1.82) is 0 Å². The summed E-state index contributed by atoms with van der Waals surface area (Å²) in [5, 5.41) is 12.7. The van der Waals surface area contributed by atoms with Crippen LogP contribution in [0.4, 0.5) is 5.69 Å². The summed E-state index contributed by atoms with van der Waals surface area (Å²) in [6.45, 7) is 5.82. The van der Waals surface area contributed by atoms with Crippen molar-refractivity contribution in [2.24, 2.45) is 0 Å². The van der Waals surface area contributed by atoms with Crippen LogP contribution in [0.1, 0.15) is 49.0 Å². The van der Waals surface area contributed by atoms with Gasteiger partial charge in [-0.3, -0.25) is 4.79 Å². The molecular weight excluding hydrogens is 274 g/mol. The van der Waals surface area contributed by atoms with Crippen molar-refractivity contribution in [2.45, 2.75) is 39.2 Å². The molecule has 116 valence electrons. The van der Waals surface area contributed by atoms with Crippen molar-refractivity contribution in [3.63, 3.8) is 0 Å². The summed E-state index contributed by atoms with van der Waals surface area (Å²) in [6, 6.07) is 15.5. The number of aliphatic hydroxyl groups is 1. The van der Waals surface area contributed by atoms with Crippen LogP contribution < -0.4 is 5.32 Å². The molecule has 0 saturated heterocycles. The molecule has 2 rings (SSSR count). The fourth-order valence-corrected chi connectivity index (χ4v) is 2.70. The molecule has 3 heteroatoms. The molecule has 2 aromatic carbocycles. The van der Waals surface area contributed by atoms with Gasteiger partial charge >= 0.3 is 0 Å². The molecular formula is C19H23NO2.